The number of halogens is 1. The summed E-state index contributed by atoms with van der Waals surface area (Å²) >= 11 is 0. The fraction of sp³-hybridized carbons (Fsp3) is 0.368. The second kappa shape index (κ2) is 7.62. The molecule has 1 spiro atoms. The third-order valence-corrected chi connectivity index (χ3v) is 5.11. The van der Waals surface area contributed by atoms with Gasteiger partial charge in [0.25, 0.3) is 11.8 Å². The summed E-state index contributed by atoms with van der Waals surface area (Å²) in [6.07, 6.45) is 1.47. The van der Waals surface area contributed by atoms with E-state index in [0.29, 0.717) is 12.3 Å². The van der Waals surface area contributed by atoms with Crippen LogP contribution in [0.15, 0.2) is 40.8 Å². The van der Waals surface area contributed by atoms with Crippen LogP contribution in [0.2, 0.25) is 0 Å². The van der Waals surface area contributed by atoms with Gasteiger partial charge in [-0.05, 0) is 50.2 Å². The van der Waals surface area contributed by atoms with E-state index in [-0.39, 0.29) is 30.0 Å². The molecule has 2 aromatic rings. The number of benzene rings is 1. The number of hydrogen-bond donors (Lipinski definition) is 3. The van der Waals surface area contributed by atoms with Gasteiger partial charge >= 0.3 is 0 Å². The average molecular weight is 391 g/mol. The highest BCUT2D eigenvalue weighted by Gasteiger charge is 2.46. The molecule has 0 radical (unpaired) electrons. The zero-order valence-corrected chi connectivity index (χ0v) is 15.9. The molecule has 27 heavy (non-hydrogen) atoms. The first-order chi connectivity index (χ1) is 12.6. The molecule has 1 saturated heterocycles. The summed E-state index contributed by atoms with van der Waals surface area (Å²) in [4.78, 5) is 26.9. The number of fused-ring (bicyclic) bond motifs is 1. The van der Waals surface area contributed by atoms with Crippen molar-refractivity contribution in [3.8, 4) is 0 Å². The maximum atomic E-state index is 13.4. The van der Waals surface area contributed by atoms with Gasteiger partial charge in [-0.1, -0.05) is 12.1 Å². The van der Waals surface area contributed by atoms with Gasteiger partial charge in [0.1, 0.15) is 11.3 Å². The van der Waals surface area contributed by atoms with Crippen molar-refractivity contribution in [3.63, 3.8) is 0 Å². The summed E-state index contributed by atoms with van der Waals surface area (Å²) < 4.78 is 5.64. The number of para-hydroxylation sites is 2. The van der Waals surface area contributed by atoms with E-state index in [1.54, 1.807) is 24.1 Å². The standard InChI is InChI=1S/C19H22N4O3.ClH/c1-20-17(24)16-7-6-13(26-16)12-23-15-5-3-2-4-14(15)22-19(18(23)25)8-10-21-11-9-19;/h2-7,21-22H,8-12H2,1H3,(H,20,24);1H. The topological polar surface area (TPSA) is 86.6 Å². The lowest BCUT2D eigenvalue weighted by molar-refractivity contribution is -0.124. The highest BCUT2D eigenvalue weighted by atomic mass is 35.5. The predicted octanol–water partition coefficient (Wildman–Crippen LogP) is 2.14. The van der Waals surface area contributed by atoms with Crippen LogP contribution in [0, 0.1) is 0 Å². The second-order valence-electron chi connectivity index (χ2n) is 6.71. The molecule has 144 valence electrons. The summed E-state index contributed by atoms with van der Waals surface area (Å²) in [5.41, 5.74) is 1.20. The summed E-state index contributed by atoms with van der Waals surface area (Å²) in [6.45, 7) is 1.90. The van der Waals surface area contributed by atoms with Gasteiger partial charge in [-0.2, -0.15) is 0 Å². The van der Waals surface area contributed by atoms with Gasteiger partial charge in [-0.3, -0.25) is 9.59 Å². The molecule has 0 bridgehead atoms. The van der Waals surface area contributed by atoms with Crippen LogP contribution >= 0.6 is 12.4 Å². The molecule has 0 unspecified atom stereocenters. The molecule has 0 aliphatic carbocycles. The van der Waals surface area contributed by atoms with Crippen molar-refractivity contribution in [2.75, 3.05) is 30.4 Å². The first kappa shape index (κ1) is 19.3. The van der Waals surface area contributed by atoms with Crippen LogP contribution in [0.25, 0.3) is 0 Å². The highest BCUT2D eigenvalue weighted by molar-refractivity contribution is 6.07. The van der Waals surface area contributed by atoms with Crippen LogP contribution in [0.1, 0.15) is 29.2 Å². The Balaban J connectivity index is 0.00000210. The lowest BCUT2D eigenvalue weighted by Gasteiger charge is -2.45. The van der Waals surface area contributed by atoms with E-state index < -0.39 is 5.54 Å². The molecule has 7 nitrogen and oxygen atoms in total. The van der Waals surface area contributed by atoms with E-state index in [1.165, 1.54) is 0 Å². The zero-order valence-electron chi connectivity index (χ0n) is 15.1. The Morgan fingerprint density at radius 1 is 1.22 bits per heavy atom. The minimum Gasteiger partial charge on any atom is -0.454 e. The normalized spacial score (nSPS) is 17.7. The van der Waals surface area contributed by atoms with Crippen LogP contribution in [0.5, 0.6) is 0 Å². The maximum Gasteiger partial charge on any atom is 0.286 e. The van der Waals surface area contributed by atoms with E-state index in [4.69, 9.17) is 4.42 Å². The van der Waals surface area contributed by atoms with Gasteiger partial charge in [0, 0.05) is 7.05 Å². The maximum absolute atomic E-state index is 13.4. The smallest absolute Gasteiger partial charge is 0.286 e. The van der Waals surface area contributed by atoms with Crippen molar-refractivity contribution < 1.29 is 14.0 Å². The quantitative estimate of drug-likeness (QED) is 0.747. The molecule has 8 heteroatoms. The summed E-state index contributed by atoms with van der Waals surface area (Å²) in [5.74, 6) is 0.599. The summed E-state index contributed by atoms with van der Waals surface area (Å²) in [5, 5.41) is 9.34. The Labute approximate surface area is 163 Å². The molecular formula is C19H23ClN4O3. The number of hydrogen-bond acceptors (Lipinski definition) is 5. The Morgan fingerprint density at radius 2 is 1.96 bits per heavy atom. The monoisotopic (exact) mass is 390 g/mol. The molecule has 2 amide bonds. The fourth-order valence-corrected chi connectivity index (χ4v) is 3.71. The molecule has 2 aliphatic heterocycles. The van der Waals surface area contributed by atoms with Crippen molar-refractivity contribution in [2.24, 2.45) is 0 Å². The van der Waals surface area contributed by atoms with E-state index in [2.05, 4.69) is 16.0 Å². The molecule has 3 N–H and O–H groups in total. The van der Waals surface area contributed by atoms with E-state index in [9.17, 15) is 9.59 Å². The Bertz CT molecular complexity index is 845. The van der Waals surface area contributed by atoms with Crippen molar-refractivity contribution in [2.45, 2.75) is 24.9 Å². The Morgan fingerprint density at radius 3 is 2.70 bits per heavy atom. The predicted molar refractivity (Wildman–Crippen MR) is 105 cm³/mol. The van der Waals surface area contributed by atoms with Gasteiger partial charge in [0.05, 0.1) is 17.9 Å². The van der Waals surface area contributed by atoms with Crippen molar-refractivity contribution in [1.29, 1.82) is 0 Å². The molecule has 0 atom stereocenters. The van der Waals surface area contributed by atoms with Gasteiger partial charge in [0.2, 0.25) is 0 Å². The third kappa shape index (κ3) is 3.40. The molecule has 0 saturated carbocycles. The number of nitrogens with one attached hydrogen (secondary N) is 3. The first-order valence-corrected chi connectivity index (χ1v) is 8.84. The van der Waals surface area contributed by atoms with Crippen LogP contribution in [-0.2, 0) is 11.3 Å². The Hall–Kier alpha value is -2.51. The minimum absolute atomic E-state index is 0. The number of piperidine rings is 1. The molecule has 1 fully saturated rings. The lowest BCUT2D eigenvalue weighted by Crippen LogP contribution is -2.61. The van der Waals surface area contributed by atoms with Crippen LogP contribution in [-0.4, -0.2) is 37.5 Å². The van der Waals surface area contributed by atoms with Crippen LogP contribution in [0.3, 0.4) is 0 Å². The first-order valence-electron chi connectivity index (χ1n) is 8.84. The van der Waals surface area contributed by atoms with E-state index >= 15 is 0 Å². The van der Waals surface area contributed by atoms with E-state index in [0.717, 1.165) is 37.3 Å². The molecule has 3 heterocycles. The number of carbonyl (C=O) groups excluding carboxylic acids is 2. The fourth-order valence-electron chi connectivity index (χ4n) is 3.71. The molecular weight excluding hydrogens is 368 g/mol. The number of nitrogens with zero attached hydrogens (tertiary/aromatic N) is 1. The average Bonchev–Trinajstić information content (AvgIpc) is 3.14. The molecule has 1 aromatic heterocycles. The van der Waals surface area contributed by atoms with Crippen LogP contribution < -0.4 is 20.9 Å². The number of anilines is 2. The number of furan rings is 1. The molecule has 1 aromatic carbocycles. The van der Waals surface area contributed by atoms with Gasteiger partial charge < -0.3 is 25.3 Å². The number of rotatable bonds is 3. The van der Waals surface area contributed by atoms with Crippen molar-refractivity contribution >= 4 is 35.6 Å². The van der Waals surface area contributed by atoms with Gasteiger partial charge in [-0.15, -0.1) is 12.4 Å². The molecule has 2 aliphatic rings. The zero-order chi connectivity index (χ0) is 18.1. The highest BCUT2D eigenvalue weighted by Crippen LogP contribution is 2.39. The SMILES string of the molecule is CNC(=O)c1ccc(CN2C(=O)C3(CCNCC3)Nc3ccccc32)o1.Cl. The van der Waals surface area contributed by atoms with E-state index in [1.807, 2.05) is 24.3 Å². The lowest BCUT2D eigenvalue weighted by atomic mass is 9.84. The Kier molecular flexibility index (Phi) is 5.43. The second-order valence-corrected chi connectivity index (χ2v) is 6.71. The number of carbonyl (C=O) groups is 2. The third-order valence-electron chi connectivity index (χ3n) is 5.11. The van der Waals surface area contributed by atoms with Gasteiger partial charge in [0.15, 0.2) is 5.76 Å². The largest absolute Gasteiger partial charge is 0.454 e. The van der Waals surface area contributed by atoms with Crippen molar-refractivity contribution in [1.82, 2.24) is 10.6 Å². The van der Waals surface area contributed by atoms with Crippen molar-refractivity contribution in [3.05, 3.63) is 47.9 Å². The minimum atomic E-state index is -0.587. The summed E-state index contributed by atoms with van der Waals surface area (Å²) in [7, 11) is 1.56. The number of amides is 2. The molecule has 4 rings (SSSR count). The van der Waals surface area contributed by atoms with Crippen LogP contribution in [0.4, 0.5) is 11.4 Å². The summed E-state index contributed by atoms with van der Waals surface area (Å²) in [6, 6.07) is 11.2. The van der Waals surface area contributed by atoms with Gasteiger partial charge in [-0.25, -0.2) is 0 Å².